The van der Waals surface area contributed by atoms with Gasteiger partial charge in [0.25, 0.3) is 11.5 Å². The molecule has 4 aromatic rings. The molecule has 0 spiro atoms. The van der Waals surface area contributed by atoms with Gasteiger partial charge >= 0.3 is 0 Å². The van der Waals surface area contributed by atoms with E-state index in [1.807, 2.05) is 0 Å². The van der Waals surface area contributed by atoms with Crippen molar-refractivity contribution in [2.24, 2.45) is 5.10 Å². The van der Waals surface area contributed by atoms with Gasteiger partial charge in [0.1, 0.15) is 11.6 Å². The number of nitrogens with one attached hydrogen (secondary N) is 2. The molecule has 0 aliphatic carbocycles. The summed E-state index contributed by atoms with van der Waals surface area (Å²) < 4.78 is 19.9. The molecule has 0 atom stereocenters. The third-order valence-electron chi connectivity index (χ3n) is 4.98. The zero-order valence-corrected chi connectivity index (χ0v) is 17.9. The van der Waals surface area contributed by atoms with Crippen molar-refractivity contribution in [3.63, 3.8) is 0 Å². The summed E-state index contributed by atoms with van der Waals surface area (Å²) in [5, 5.41) is 7.23. The molecule has 166 valence electrons. The van der Waals surface area contributed by atoms with Gasteiger partial charge in [-0.1, -0.05) is 0 Å². The molecule has 0 aliphatic rings. The number of H-pyrrole nitrogens is 1. The fraction of sp³-hybridized carbons (Fsp3) is 0.0833. The van der Waals surface area contributed by atoms with Gasteiger partial charge in [-0.05, 0) is 67.6 Å². The highest BCUT2D eigenvalue weighted by molar-refractivity contribution is 6.04. The highest BCUT2D eigenvalue weighted by Gasteiger charge is 2.20. The molecule has 0 fully saturated rings. The summed E-state index contributed by atoms with van der Waals surface area (Å²) in [6.45, 7) is 1.62. The van der Waals surface area contributed by atoms with Gasteiger partial charge in [0.05, 0.1) is 29.8 Å². The van der Waals surface area contributed by atoms with E-state index >= 15 is 0 Å². The molecule has 2 heterocycles. The molecule has 1 amide bonds. The molecule has 33 heavy (non-hydrogen) atoms. The van der Waals surface area contributed by atoms with E-state index in [9.17, 15) is 14.0 Å². The van der Waals surface area contributed by atoms with Crippen LogP contribution in [-0.4, -0.2) is 33.5 Å². The smallest absolute Gasteiger partial charge is 0.281 e. The Balaban J connectivity index is 1.78. The normalized spacial score (nSPS) is 11.3. The number of carbonyl (C=O) groups is 1. The van der Waals surface area contributed by atoms with Gasteiger partial charge in [0.2, 0.25) is 0 Å². The number of benzene rings is 2. The Labute approximate surface area is 188 Å². The van der Waals surface area contributed by atoms with Crippen molar-refractivity contribution in [1.82, 2.24) is 20.2 Å². The number of pyridine rings is 1. The monoisotopic (exact) mass is 445 g/mol. The summed E-state index contributed by atoms with van der Waals surface area (Å²) in [5.41, 5.74) is 4.67. The first-order chi connectivity index (χ1) is 16.0. The van der Waals surface area contributed by atoms with Crippen LogP contribution in [0.5, 0.6) is 5.75 Å². The lowest BCUT2D eigenvalue weighted by Gasteiger charge is -2.05. The van der Waals surface area contributed by atoms with Crippen LogP contribution in [0.4, 0.5) is 4.39 Å². The highest BCUT2D eigenvalue weighted by atomic mass is 19.1. The van der Waals surface area contributed by atoms with E-state index in [-0.39, 0.29) is 5.56 Å². The molecule has 9 heteroatoms. The molecule has 4 rings (SSSR count). The largest absolute Gasteiger partial charge is 0.497 e. The maximum absolute atomic E-state index is 13.4. The quantitative estimate of drug-likeness (QED) is 0.350. The Bertz CT molecular complexity index is 1360. The van der Waals surface area contributed by atoms with Gasteiger partial charge in [0, 0.05) is 23.5 Å². The molecule has 8 nitrogen and oxygen atoms in total. The SMILES string of the molecule is COc1ccc(-c2[nH]n(-c3ccc(F)cc3)c(=O)c2C(C)=NNC(=O)c2ccncc2)cc1. The van der Waals surface area contributed by atoms with Crippen LogP contribution in [-0.2, 0) is 0 Å². The fourth-order valence-corrected chi connectivity index (χ4v) is 3.27. The molecule has 0 saturated heterocycles. The molecule has 0 bridgehead atoms. The lowest BCUT2D eigenvalue weighted by Crippen LogP contribution is -2.23. The van der Waals surface area contributed by atoms with Crippen molar-refractivity contribution in [2.45, 2.75) is 6.92 Å². The summed E-state index contributed by atoms with van der Waals surface area (Å²) in [5.74, 6) is -0.182. The van der Waals surface area contributed by atoms with Crippen LogP contribution in [0.25, 0.3) is 16.9 Å². The van der Waals surface area contributed by atoms with E-state index in [1.54, 1.807) is 50.4 Å². The van der Waals surface area contributed by atoms with Gasteiger partial charge in [0.15, 0.2) is 0 Å². The predicted octanol–water partition coefficient (Wildman–Crippen LogP) is 3.53. The summed E-state index contributed by atoms with van der Waals surface area (Å²) in [4.78, 5) is 29.6. The van der Waals surface area contributed by atoms with E-state index in [4.69, 9.17) is 4.74 Å². The first-order valence-electron chi connectivity index (χ1n) is 9.98. The molecule has 0 unspecified atom stereocenters. The average Bonchev–Trinajstić information content (AvgIpc) is 3.20. The van der Waals surface area contributed by atoms with Crippen molar-refractivity contribution in [2.75, 3.05) is 7.11 Å². The Hall–Kier alpha value is -4.53. The predicted molar refractivity (Wildman–Crippen MR) is 122 cm³/mol. The van der Waals surface area contributed by atoms with E-state index in [0.717, 1.165) is 0 Å². The van der Waals surface area contributed by atoms with Gasteiger partial charge < -0.3 is 4.74 Å². The summed E-state index contributed by atoms with van der Waals surface area (Å²) in [7, 11) is 1.57. The first-order valence-corrected chi connectivity index (χ1v) is 9.98. The topological polar surface area (TPSA) is 101 Å². The number of methoxy groups -OCH3 is 1. The van der Waals surface area contributed by atoms with E-state index in [2.05, 4.69) is 20.6 Å². The van der Waals surface area contributed by atoms with E-state index < -0.39 is 17.3 Å². The zero-order valence-electron chi connectivity index (χ0n) is 17.9. The number of rotatable bonds is 6. The van der Waals surface area contributed by atoms with Crippen molar-refractivity contribution in [1.29, 1.82) is 0 Å². The Kier molecular flexibility index (Phi) is 6.12. The van der Waals surface area contributed by atoms with Gasteiger partial charge in [-0.15, -0.1) is 0 Å². The highest BCUT2D eigenvalue weighted by Crippen LogP contribution is 2.24. The molecule has 0 radical (unpaired) electrons. The molecule has 0 aliphatic heterocycles. The molecule has 2 aromatic carbocycles. The van der Waals surface area contributed by atoms with Crippen LogP contribution in [0.2, 0.25) is 0 Å². The lowest BCUT2D eigenvalue weighted by molar-refractivity contribution is 0.0954. The second-order valence-electron chi connectivity index (χ2n) is 7.08. The minimum absolute atomic E-state index is 0.263. The molecule has 0 saturated carbocycles. The van der Waals surface area contributed by atoms with Gasteiger partial charge in [-0.2, -0.15) is 5.10 Å². The Morgan fingerprint density at radius 2 is 1.73 bits per heavy atom. The number of carbonyl (C=O) groups excluding carboxylic acids is 1. The van der Waals surface area contributed by atoms with Crippen molar-refractivity contribution < 1.29 is 13.9 Å². The summed E-state index contributed by atoms with van der Waals surface area (Å²) >= 11 is 0. The van der Waals surface area contributed by atoms with Crippen LogP contribution in [0, 0.1) is 5.82 Å². The van der Waals surface area contributed by atoms with Crippen molar-refractivity contribution in [3.8, 4) is 22.7 Å². The molecular weight excluding hydrogens is 425 g/mol. The molecular formula is C24H20FN5O3. The first kappa shape index (κ1) is 21.7. The maximum Gasteiger partial charge on any atom is 0.281 e. The van der Waals surface area contributed by atoms with Crippen LogP contribution < -0.4 is 15.7 Å². The summed E-state index contributed by atoms with van der Waals surface area (Å²) in [6.07, 6.45) is 3.00. The number of hydrogen-bond acceptors (Lipinski definition) is 5. The van der Waals surface area contributed by atoms with Crippen LogP contribution >= 0.6 is 0 Å². The maximum atomic E-state index is 13.4. The van der Waals surface area contributed by atoms with Gasteiger partial charge in [-0.25, -0.2) is 14.5 Å². The molecule has 2 aromatic heterocycles. The van der Waals surface area contributed by atoms with Gasteiger partial charge in [-0.3, -0.25) is 19.7 Å². The second kappa shape index (κ2) is 9.31. The number of hydrogen-bond donors (Lipinski definition) is 2. The minimum atomic E-state index is -0.433. The second-order valence-corrected chi connectivity index (χ2v) is 7.08. The number of hydrazone groups is 1. The zero-order chi connectivity index (χ0) is 23.4. The lowest BCUT2D eigenvalue weighted by atomic mass is 10.1. The fourth-order valence-electron chi connectivity index (χ4n) is 3.27. The number of aromatic amines is 1. The number of ether oxygens (including phenoxy) is 1. The Morgan fingerprint density at radius 1 is 1.06 bits per heavy atom. The van der Waals surface area contributed by atoms with E-state index in [1.165, 1.54) is 41.3 Å². The van der Waals surface area contributed by atoms with Crippen LogP contribution in [0.1, 0.15) is 22.8 Å². The van der Waals surface area contributed by atoms with Crippen LogP contribution in [0.3, 0.4) is 0 Å². The average molecular weight is 445 g/mol. The van der Waals surface area contributed by atoms with Crippen molar-refractivity contribution in [3.05, 3.63) is 100 Å². The third kappa shape index (κ3) is 4.57. The Morgan fingerprint density at radius 3 is 2.36 bits per heavy atom. The standard InChI is InChI=1S/C24H20FN5O3/c1-15(27-28-23(31)17-11-13-26-14-12-17)21-22(16-3-9-20(33-2)10-4-16)29-30(24(21)32)19-7-5-18(25)6-8-19/h3-14,29H,1-2H3,(H,28,31). The van der Waals surface area contributed by atoms with Crippen molar-refractivity contribution >= 4 is 11.6 Å². The molecule has 2 N–H and O–H groups in total. The summed E-state index contributed by atoms with van der Waals surface area (Å²) in [6, 6.07) is 15.8. The third-order valence-corrected chi connectivity index (χ3v) is 4.98. The number of amides is 1. The number of halogens is 1. The van der Waals surface area contributed by atoms with E-state index in [0.29, 0.717) is 34.0 Å². The minimum Gasteiger partial charge on any atom is -0.497 e. The number of aromatic nitrogens is 3. The van der Waals surface area contributed by atoms with Crippen LogP contribution in [0.15, 0.2) is 83.0 Å². The number of nitrogens with zero attached hydrogens (tertiary/aromatic N) is 3.